The molecule has 2 amide bonds. The summed E-state index contributed by atoms with van der Waals surface area (Å²) in [5.74, 6) is -0.924. The van der Waals surface area contributed by atoms with Gasteiger partial charge in [-0.25, -0.2) is 8.42 Å². The summed E-state index contributed by atoms with van der Waals surface area (Å²) in [7, 11) is -4.30. The minimum absolute atomic E-state index is 0.00808. The van der Waals surface area contributed by atoms with Gasteiger partial charge in [-0.15, -0.1) is 0 Å². The molecule has 1 N–H and O–H groups in total. The second-order valence-electron chi connectivity index (χ2n) is 11.3. The lowest BCUT2D eigenvalue weighted by molar-refractivity contribution is -0.140. The molecule has 7 nitrogen and oxygen atoms in total. The predicted molar refractivity (Wildman–Crippen MR) is 181 cm³/mol. The van der Waals surface area contributed by atoms with E-state index in [9.17, 15) is 18.0 Å². The van der Waals surface area contributed by atoms with Crippen molar-refractivity contribution in [3.05, 3.63) is 129 Å². The molecule has 10 heteroatoms. The van der Waals surface area contributed by atoms with Crippen LogP contribution in [0.15, 0.2) is 102 Å². The van der Waals surface area contributed by atoms with Crippen LogP contribution in [0.25, 0.3) is 0 Å². The number of anilines is 1. The lowest BCUT2D eigenvalue weighted by atomic mass is 10.0. The van der Waals surface area contributed by atoms with E-state index in [-0.39, 0.29) is 45.5 Å². The molecule has 0 spiro atoms. The third-order valence-electron chi connectivity index (χ3n) is 7.23. The largest absolute Gasteiger partial charge is 0.352 e. The first-order valence-corrected chi connectivity index (χ1v) is 16.8. The summed E-state index contributed by atoms with van der Waals surface area (Å²) in [6.07, 6.45) is 0.222. The Balaban J connectivity index is 1.84. The summed E-state index contributed by atoms with van der Waals surface area (Å²) < 4.78 is 29.3. The van der Waals surface area contributed by atoms with Gasteiger partial charge in [-0.1, -0.05) is 107 Å². The van der Waals surface area contributed by atoms with Gasteiger partial charge in [0.05, 0.1) is 20.6 Å². The van der Waals surface area contributed by atoms with Crippen LogP contribution in [0.1, 0.15) is 36.1 Å². The lowest BCUT2D eigenvalue weighted by Crippen LogP contribution is -2.54. The summed E-state index contributed by atoms with van der Waals surface area (Å²) in [5, 5.41) is 3.09. The topological polar surface area (TPSA) is 86.8 Å². The minimum atomic E-state index is -4.30. The van der Waals surface area contributed by atoms with Crippen LogP contribution in [0.2, 0.25) is 10.0 Å². The molecule has 0 saturated carbocycles. The van der Waals surface area contributed by atoms with E-state index in [0.29, 0.717) is 0 Å². The van der Waals surface area contributed by atoms with Crippen molar-refractivity contribution in [2.75, 3.05) is 10.8 Å². The summed E-state index contributed by atoms with van der Waals surface area (Å²) in [6, 6.07) is 26.9. The van der Waals surface area contributed by atoms with Crippen LogP contribution in [0.5, 0.6) is 0 Å². The first kappa shape index (κ1) is 34.0. The zero-order chi connectivity index (χ0) is 32.7. The van der Waals surface area contributed by atoms with Crippen LogP contribution in [-0.2, 0) is 32.6 Å². The van der Waals surface area contributed by atoms with E-state index in [1.54, 1.807) is 24.3 Å². The maximum Gasteiger partial charge on any atom is 0.264 e. The number of nitrogens with one attached hydrogen (secondary N) is 1. The minimum Gasteiger partial charge on any atom is -0.352 e. The van der Waals surface area contributed by atoms with E-state index in [1.165, 1.54) is 23.1 Å². The summed E-state index contributed by atoms with van der Waals surface area (Å²) in [5.41, 5.74) is 3.57. The molecule has 4 aromatic carbocycles. The summed E-state index contributed by atoms with van der Waals surface area (Å²) >= 11 is 12.9. The molecular formula is C35H37Cl2N3O4S. The smallest absolute Gasteiger partial charge is 0.264 e. The molecule has 0 aromatic heterocycles. The number of halogens is 2. The quantitative estimate of drug-likeness (QED) is 0.177. The number of carbonyl (C=O) groups excluding carboxylic acids is 2. The molecule has 0 heterocycles. The standard InChI is InChI=1S/C35H37Cl2N3O4S/c1-24(2)38-35(42)32(21-27-11-6-5-7-12-27)39(22-28-13-8-10-26(4)20-28)33(41)23-40(31-15-9-14-30(36)34(31)37)45(43,44)29-18-16-25(3)17-19-29/h5-20,24,32H,21-23H2,1-4H3,(H,38,42). The molecule has 4 aromatic rings. The van der Waals surface area contributed by atoms with Crippen molar-refractivity contribution in [3.63, 3.8) is 0 Å². The molecule has 0 fully saturated rings. The van der Waals surface area contributed by atoms with E-state index < -0.39 is 28.5 Å². The Labute approximate surface area is 275 Å². The number of benzene rings is 4. The SMILES string of the molecule is Cc1ccc(S(=O)(=O)N(CC(=O)N(Cc2cccc(C)c2)C(Cc2ccccc2)C(=O)NC(C)C)c2cccc(Cl)c2Cl)cc1. The Kier molecular flexibility index (Phi) is 11.3. The maximum absolute atomic E-state index is 14.5. The van der Waals surface area contributed by atoms with Gasteiger partial charge in [-0.3, -0.25) is 13.9 Å². The van der Waals surface area contributed by atoms with Crippen molar-refractivity contribution in [2.45, 2.75) is 57.6 Å². The van der Waals surface area contributed by atoms with Crippen molar-refractivity contribution >= 4 is 50.7 Å². The molecule has 0 saturated heterocycles. The fraction of sp³-hybridized carbons (Fsp3) is 0.257. The lowest BCUT2D eigenvalue weighted by Gasteiger charge is -2.34. The molecule has 1 unspecified atom stereocenters. The number of hydrogen-bond donors (Lipinski definition) is 1. The number of aryl methyl sites for hydroxylation is 2. The molecule has 0 bridgehead atoms. The van der Waals surface area contributed by atoms with Crippen LogP contribution >= 0.6 is 23.2 Å². The Morgan fingerprint density at radius 3 is 2.09 bits per heavy atom. The molecular weight excluding hydrogens is 629 g/mol. The van der Waals surface area contributed by atoms with Gasteiger partial charge < -0.3 is 10.2 Å². The molecule has 4 rings (SSSR count). The second-order valence-corrected chi connectivity index (χ2v) is 13.9. The molecule has 1 atom stereocenters. The highest BCUT2D eigenvalue weighted by Crippen LogP contribution is 2.35. The van der Waals surface area contributed by atoms with Crippen molar-refractivity contribution in [1.82, 2.24) is 10.2 Å². The molecule has 0 aliphatic rings. The van der Waals surface area contributed by atoms with Gasteiger partial charge in [0.2, 0.25) is 11.8 Å². The molecule has 0 radical (unpaired) electrons. The van der Waals surface area contributed by atoms with E-state index in [0.717, 1.165) is 26.6 Å². The highest BCUT2D eigenvalue weighted by molar-refractivity contribution is 7.92. The van der Waals surface area contributed by atoms with Crippen molar-refractivity contribution in [1.29, 1.82) is 0 Å². The van der Waals surface area contributed by atoms with Crippen LogP contribution in [0, 0.1) is 13.8 Å². The van der Waals surface area contributed by atoms with Crippen LogP contribution in [-0.4, -0.2) is 43.8 Å². The number of nitrogens with zero attached hydrogens (tertiary/aromatic N) is 2. The van der Waals surface area contributed by atoms with Crippen LogP contribution < -0.4 is 9.62 Å². The Morgan fingerprint density at radius 2 is 1.44 bits per heavy atom. The van der Waals surface area contributed by atoms with Gasteiger partial charge in [0.15, 0.2) is 0 Å². The average molecular weight is 667 g/mol. The Morgan fingerprint density at radius 1 is 0.800 bits per heavy atom. The first-order valence-electron chi connectivity index (χ1n) is 14.6. The van der Waals surface area contributed by atoms with Crippen LogP contribution in [0.3, 0.4) is 0 Å². The second kappa shape index (κ2) is 15.0. The van der Waals surface area contributed by atoms with E-state index in [4.69, 9.17) is 23.2 Å². The molecule has 45 heavy (non-hydrogen) atoms. The van der Waals surface area contributed by atoms with Crippen LogP contribution in [0.4, 0.5) is 5.69 Å². The summed E-state index contributed by atoms with van der Waals surface area (Å²) in [4.78, 5) is 29.8. The predicted octanol–water partition coefficient (Wildman–Crippen LogP) is 6.97. The monoisotopic (exact) mass is 665 g/mol. The average Bonchev–Trinajstić information content (AvgIpc) is 2.99. The summed E-state index contributed by atoms with van der Waals surface area (Å²) in [6.45, 7) is 6.94. The number of rotatable bonds is 12. The van der Waals surface area contributed by atoms with Gasteiger partial charge >= 0.3 is 0 Å². The molecule has 0 aliphatic heterocycles. The third kappa shape index (κ3) is 8.66. The van der Waals surface area contributed by atoms with E-state index in [1.807, 2.05) is 82.3 Å². The highest BCUT2D eigenvalue weighted by atomic mass is 35.5. The van der Waals surface area contributed by atoms with Gasteiger partial charge in [-0.2, -0.15) is 0 Å². The normalized spacial score (nSPS) is 12.1. The van der Waals surface area contributed by atoms with E-state index in [2.05, 4.69) is 5.32 Å². The Bertz CT molecular complexity index is 1750. The van der Waals surface area contributed by atoms with Gasteiger partial charge in [0.25, 0.3) is 10.0 Å². The van der Waals surface area contributed by atoms with E-state index >= 15 is 0 Å². The number of hydrogen-bond acceptors (Lipinski definition) is 4. The van der Waals surface area contributed by atoms with Crippen molar-refractivity contribution in [2.24, 2.45) is 0 Å². The third-order valence-corrected chi connectivity index (χ3v) is 9.81. The maximum atomic E-state index is 14.5. The van der Waals surface area contributed by atoms with Gasteiger partial charge in [0.1, 0.15) is 12.6 Å². The fourth-order valence-electron chi connectivity index (χ4n) is 4.98. The zero-order valence-electron chi connectivity index (χ0n) is 25.7. The van der Waals surface area contributed by atoms with Crippen molar-refractivity contribution in [3.8, 4) is 0 Å². The van der Waals surface area contributed by atoms with Crippen molar-refractivity contribution < 1.29 is 18.0 Å². The number of sulfonamides is 1. The highest BCUT2D eigenvalue weighted by Gasteiger charge is 2.35. The number of amides is 2. The Hall–Kier alpha value is -3.85. The number of carbonyl (C=O) groups is 2. The zero-order valence-corrected chi connectivity index (χ0v) is 28.0. The van der Waals surface area contributed by atoms with Gasteiger partial charge in [-0.05, 0) is 63.1 Å². The fourth-order valence-corrected chi connectivity index (χ4v) is 6.85. The first-order chi connectivity index (χ1) is 21.4. The molecule has 0 aliphatic carbocycles. The molecule has 236 valence electrons. The van der Waals surface area contributed by atoms with Gasteiger partial charge in [0, 0.05) is 19.0 Å².